The van der Waals surface area contributed by atoms with Crippen LogP contribution in [0, 0.1) is 5.92 Å². The predicted octanol–water partition coefficient (Wildman–Crippen LogP) is 1.36. The first kappa shape index (κ1) is 20.9. The van der Waals surface area contributed by atoms with Crippen molar-refractivity contribution < 1.29 is 9.47 Å². The minimum absolute atomic E-state index is 0.211. The van der Waals surface area contributed by atoms with Gasteiger partial charge in [0.15, 0.2) is 0 Å². The number of hydrogen-bond acceptors (Lipinski definition) is 8. The summed E-state index contributed by atoms with van der Waals surface area (Å²) in [6.07, 6.45) is 5.70. The van der Waals surface area contributed by atoms with Crippen LogP contribution in [0.15, 0.2) is 12.4 Å². The lowest BCUT2D eigenvalue weighted by molar-refractivity contribution is -0.0276. The molecule has 2 aliphatic heterocycles. The van der Waals surface area contributed by atoms with Gasteiger partial charge in [0.1, 0.15) is 12.1 Å². The van der Waals surface area contributed by atoms with Gasteiger partial charge in [-0.3, -0.25) is 10.3 Å². The molecule has 1 saturated carbocycles. The largest absolute Gasteiger partial charge is 0.383 e. The summed E-state index contributed by atoms with van der Waals surface area (Å²) in [5.74, 6) is 1.54. The SMILES string of the molecule is COCCN1CCN(c2cc(C3NNC4CCC(OC(C)C)CC43)ncn2)CC1. The maximum Gasteiger partial charge on any atom is 0.132 e. The normalized spacial score (nSPS) is 30.7. The number of hydrazine groups is 1. The van der Waals surface area contributed by atoms with E-state index in [1.54, 1.807) is 13.4 Å². The second-order valence-electron chi connectivity index (χ2n) is 8.78. The van der Waals surface area contributed by atoms with Crippen molar-refractivity contribution in [2.45, 2.75) is 57.4 Å². The molecule has 0 spiro atoms. The lowest BCUT2D eigenvalue weighted by Gasteiger charge is -2.36. The second-order valence-corrected chi connectivity index (χ2v) is 8.78. The fourth-order valence-corrected chi connectivity index (χ4v) is 4.94. The Bertz CT molecular complexity index is 652. The van der Waals surface area contributed by atoms with E-state index in [2.05, 4.69) is 50.5 Å². The summed E-state index contributed by atoms with van der Waals surface area (Å²) in [4.78, 5) is 14.0. The van der Waals surface area contributed by atoms with Crippen molar-refractivity contribution in [3.8, 4) is 0 Å². The average molecular weight is 405 g/mol. The maximum absolute atomic E-state index is 6.13. The van der Waals surface area contributed by atoms with Crippen LogP contribution in [0.25, 0.3) is 0 Å². The van der Waals surface area contributed by atoms with E-state index in [1.165, 1.54) is 0 Å². The van der Waals surface area contributed by atoms with E-state index in [9.17, 15) is 0 Å². The summed E-state index contributed by atoms with van der Waals surface area (Å²) in [7, 11) is 1.76. The smallest absolute Gasteiger partial charge is 0.132 e. The van der Waals surface area contributed by atoms with Gasteiger partial charge >= 0.3 is 0 Å². The molecule has 0 aromatic carbocycles. The third kappa shape index (κ3) is 5.06. The van der Waals surface area contributed by atoms with Crippen molar-refractivity contribution in [2.24, 2.45) is 5.92 Å². The Kier molecular flexibility index (Phi) is 6.97. The maximum atomic E-state index is 6.13. The minimum atomic E-state index is 0.211. The quantitative estimate of drug-likeness (QED) is 0.706. The first-order valence-electron chi connectivity index (χ1n) is 11.1. The highest BCUT2D eigenvalue weighted by atomic mass is 16.5. The molecule has 4 rings (SSSR count). The molecule has 3 fully saturated rings. The summed E-state index contributed by atoms with van der Waals surface area (Å²) in [5, 5.41) is 0. The molecule has 162 valence electrons. The Morgan fingerprint density at radius 3 is 2.72 bits per heavy atom. The number of methoxy groups -OCH3 is 1. The van der Waals surface area contributed by atoms with E-state index in [4.69, 9.17) is 9.47 Å². The van der Waals surface area contributed by atoms with Gasteiger partial charge < -0.3 is 14.4 Å². The molecule has 1 aliphatic carbocycles. The molecule has 3 aliphatic rings. The van der Waals surface area contributed by atoms with Crippen molar-refractivity contribution in [2.75, 3.05) is 51.3 Å². The molecule has 2 saturated heterocycles. The summed E-state index contributed by atoms with van der Waals surface area (Å²) >= 11 is 0. The van der Waals surface area contributed by atoms with Crippen LogP contribution in [0.1, 0.15) is 44.8 Å². The van der Waals surface area contributed by atoms with Gasteiger partial charge in [-0.15, -0.1) is 0 Å². The minimum Gasteiger partial charge on any atom is -0.383 e. The number of fused-ring (bicyclic) bond motifs is 1. The van der Waals surface area contributed by atoms with Crippen LogP contribution in [0.3, 0.4) is 0 Å². The third-order valence-electron chi connectivity index (χ3n) is 6.47. The molecular formula is C21H36N6O2. The molecule has 3 heterocycles. The van der Waals surface area contributed by atoms with E-state index < -0.39 is 0 Å². The molecule has 8 nitrogen and oxygen atoms in total. The topological polar surface area (TPSA) is 74.8 Å². The molecule has 4 atom stereocenters. The van der Waals surface area contributed by atoms with Gasteiger partial charge in [-0.2, -0.15) is 0 Å². The number of piperazine rings is 1. The summed E-state index contributed by atoms with van der Waals surface area (Å²) in [6.45, 7) is 10.1. The number of aromatic nitrogens is 2. The molecule has 2 N–H and O–H groups in total. The highest BCUT2D eigenvalue weighted by Gasteiger charge is 2.42. The van der Waals surface area contributed by atoms with Crippen molar-refractivity contribution in [3.05, 3.63) is 18.1 Å². The number of ether oxygens (including phenoxy) is 2. The van der Waals surface area contributed by atoms with Gasteiger partial charge in [-0.1, -0.05) is 0 Å². The zero-order valence-corrected chi connectivity index (χ0v) is 18.0. The van der Waals surface area contributed by atoms with Crippen LogP contribution >= 0.6 is 0 Å². The zero-order chi connectivity index (χ0) is 20.2. The van der Waals surface area contributed by atoms with Gasteiger partial charge in [0.25, 0.3) is 0 Å². The number of hydrogen-bond donors (Lipinski definition) is 2. The first-order chi connectivity index (χ1) is 14.1. The van der Waals surface area contributed by atoms with E-state index in [1.807, 2.05) is 0 Å². The fourth-order valence-electron chi connectivity index (χ4n) is 4.94. The van der Waals surface area contributed by atoms with Crippen LogP contribution in [0.4, 0.5) is 5.82 Å². The van der Waals surface area contributed by atoms with Crippen LogP contribution in [-0.4, -0.2) is 79.6 Å². The van der Waals surface area contributed by atoms with E-state index in [0.29, 0.717) is 18.1 Å². The molecule has 1 aromatic rings. The first-order valence-corrected chi connectivity index (χ1v) is 11.1. The van der Waals surface area contributed by atoms with Gasteiger partial charge in [-0.05, 0) is 33.1 Å². The zero-order valence-electron chi connectivity index (χ0n) is 18.0. The number of nitrogens with zero attached hydrogens (tertiary/aromatic N) is 4. The number of anilines is 1. The van der Waals surface area contributed by atoms with Crippen LogP contribution in [-0.2, 0) is 9.47 Å². The summed E-state index contributed by atoms with van der Waals surface area (Å²) in [6, 6.07) is 2.89. The van der Waals surface area contributed by atoms with Gasteiger partial charge in [0.05, 0.1) is 30.6 Å². The van der Waals surface area contributed by atoms with Gasteiger partial charge in [-0.25, -0.2) is 15.4 Å². The molecule has 0 amide bonds. The number of nitrogens with one attached hydrogen (secondary N) is 2. The molecule has 4 unspecified atom stereocenters. The van der Waals surface area contributed by atoms with Crippen LogP contribution in [0.5, 0.6) is 0 Å². The Morgan fingerprint density at radius 2 is 1.97 bits per heavy atom. The fraction of sp³-hybridized carbons (Fsp3) is 0.810. The lowest BCUT2D eigenvalue weighted by Crippen LogP contribution is -2.47. The average Bonchev–Trinajstić information content (AvgIpc) is 3.15. The molecule has 0 radical (unpaired) electrons. The Labute approximate surface area is 174 Å². The highest BCUT2D eigenvalue weighted by Crippen LogP contribution is 2.39. The highest BCUT2D eigenvalue weighted by molar-refractivity contribution is 5.40. The Hall–Kier alpha value is -1.32. The van der Waals surface area contributed by atoms with Gasteiger partial charge in [0, 0.05) is 57.9 Å². The van der Waals surface area contributed by atoms with Crippen molar-refractivity contribution in [1.29, 1.82) is 0 Å². The number of rotatable bonds is 7. The standard InChI is InChI=1S/C21H36N6O2/c1-15(2)29-16-4-5-18-17(12-16)21(25-24-18)19-13-20(23-14-22-19)27-8-6-26(7-9-27)10-11-28-3/h13-18,21,24-25H,4-12H2,1-3H3. The lowest BCUT2D eigenvalue weighted by atomic mass is 9.79. The monoisotopic (exact) mass is 404 g/mol. The summed E-state index contributed by atoms with van der Waals surface area (Å²) < 4.78 is 11.3. The van der Waals surface area contributed by atoms with Crippen LogP contribution < -0.4 is 15.8 Å². The van der Waals surface area contributed by atoms with Crippen LogP contribution in [0.2, 0.25) is 0 Å². The molecule has 29 heavy (non-hydrogen) atoms. The summed E-state index contributed by atoms with van der Waals surface area (Å²) in [5.41, 5.74) is 8.11. The molecule has 8 heteroatoms. The molecule has 1 aromatic heterocycles. The van der Waals surface area contributed by atoms with E-state index >= 15 is 0 Å². The third-order valence-corrected chi connectivity index (χ3v) is 6.47. The predicted molar refractivity (Wildman–Crippen MR) is 113 cm³/mol. The van der Waals surface area contributed by atoms with Crippen molar-refractivity contribution in [1.82, 2.24) is 25.7 Å². The Morgan fingerprint density at radius 1 is 1.14 bits per heavy atom. The van der Waals surface area contributed by atoms with E-state index in [0.717, 1.165) is 70.1 Å². The van der Waals surface area contributed by atoms with Crippen molar-refractivity contribution >= 4 is 5.82 Å². The molecule has 0 bridgehead atoms. The molecular weight excluding hydrogens is 368 g/mol. The Balaban J connectivity index is 1.40. The van der Waals surface area contributed by atoms with Crippen molar-refractivity contribution in [3.63, 3.8) is 0 Å². The second kappa shape index (κ2) is 9.66. The van der Waals surface area contributed by atoms with E-state index in [-0.39, 0.29) is 12.1 Å². The van der Waals surface area contributed by atoms with Gasteiger partial charge in [0.2, 0.25) is 0 Å².